The van der Waals surface area contributed by atoms with Gasteiger partial charge in [-0.25, -0.2) is 9.97 Å². The fourth-order valence-electron chi connectivity index (χ4n) is 6.14. The largest absolute Gasteiger partial charge is 0.395 e. The van der Waals surface area contributed by atoms with Crippen LogP contribution in [0, 0.1) is 5.92 Å². The van der Waals surface area contributed by atoms with E-state index in [0.29, 0.717) is 29.6 Å². The third-order valence-corrected chi connectivity index (χ3v) is 9.85. The van der Waals surface area contributed by atoms with Gasteiger partial charge in [0.25, 0.3) is 11.8 Å². The van der Waals surface area contributed by atoms with Gasteiger partial charge >= 0.3 is 0 Å². The first-order valence-corrected chi connectivity index (χ1v) is 16.5. The Bertz CT molecular complexity index is 1790. The second-order valence-corrected chi connectivity index (χ2v) is 13.1. The Labute approximate surface area is 267 Å². The number of aliphatic hydroxyl groups excluding tert-OH is 1. The lowest BCUT2D eigenvalue weighted by Gasteiger charge is -2.32. The second-order valence-electron chi connectivity index (χ2n) is 12.2. The minimum absolute atomic E-state index is 0.0320. The molecule has 0 bridgehead atoms. The highest BCUT2D eigenvalue weighted by molar-refractivity contribution is 7.09. The van der Waals surface area contributed by atoms with Crippen LogP contribution in [0.2, 0.25) is 0 Å². The lowest BCUT2D eigenvalue weighted by molar-refractivity contribution is 0.0676. The van der Waals surface area contributed by atoms with E-state index in [0.717, 1.165) is 65.1 Å². The van der Waals surface area contributed by atoms with E-state index < -0.39 is 0 Å². The number of amides is 2. The van der Waals surface area contributed by atoms with Gasteiger partial charge in [0.2, 0.25) is 0 Å². The summed E-state index contributed by atoms with van der Waals surface area (Å²) in [5.41, 5.74) is 4.09. The highest BCUT2D eigenvalue weighted by Crippen LogP contribution is 2.33. The van der Waals surface area contributed by atoms with E-state index >= 15 is 0 Å². The predicted molar refractivity (Wildman–Crippen MR) is 178 cm³/mol. The number of likely N-dealkylation sites (tertiary alicyclic amines) is 1. The molecule has 1 saturated heterocycles. The highest BCUT2D eigenvalue weighted by Gasteiger charge is 2.26. The summed E-state index contributed by atoms with van der Waals surface area (Å²) in [5.74, 6) is 0.662. The number of hydrogen-bond acceptors (Lipinski definition) is 6. The van der Waals surface area contributed by atoms with Gasteiger partial charge in [0, 0.05) is 68.7 Å². The first-order valence-electron chi connectivity index (χ1n) is 15.6. The Morgan fingerprint density at radius 2 is 1.84 bits per heavy atom. The van der Waals surface area contributed by atoms with Gasteiger partial charge in [0.05, 0.1) is 35.7 Å². The van der Waals surface area contributed by atoms with Gasteiger partial charge < -0.3 is 24.0 Å². The molecule has 0 aliphatic carbocycles. The van der Waals surface area contributed by atoms with Crippen molar-refractivity contribution in [3.05, 3.63) is 94.7 Å². The van der Waals surface area contributed by atoms with Crippen molar-refractivity contribution in [2.24, 2.45) is 5.92 Å². The van der Waals surface area contributed by atoms with E-state index in [4.69, 9.17) is 0 Å². The molecule has 234 valence electrons. The first-order chi connectivity index (χ1) is 21.8. The molecule has 6 rings (SSSR count). The Morgan fingerprint density at radius 1 is 1.07 bits per heavy atom. The Balaban J connectivity index is 1.18. The third-order valence-electron chi connectivity index (χ3n) is 8.71. The molecule has 5 aromatic rings. The smallest absolute Gasteiger partial charge is 0.273 e. The zero-order chi connectivity index (χ0) is 31.5. The molecule has 4 heterocycles. The van der Waals surface area contributed by atoms with Crippen LogP contribution in [0.5, 0.6) is 0 Å². The fraction of sp³-hybridized carbons (Fsp3) is 0.371. The summed E-state index contributed by atoms with van der Waals surface area (Å²) < 4.78 is 4.26. The Kier molecular flexibility index (Phi) is 9.14. The van der Waals surface area contributed by atoms with E-state index in [1.807, 2.05) is 53.4 Å². The van der Waals surface area contributed by atoms with Crippen molar-refractivity contribution in [3.8, 4) is 11.1 Å². The van der Waals surface area contributed by atoms with Gasteiger partial charge in [-0.15, -0.1) is 11.3 Å². The minimum atomic E-state index is -0.126. The SMILES string of the molecule is CC(C)c1nc(C(=O)N2CCC(Cn3cncc3Cn3cc(C(=O)N(C)CCO)c(-c4cccc5ccccc45)c3)CC2)cs1. The molecule has 10 heteroatoms. The molecule has 1 fully saturated rings. The van der Waals surface area contributed by atoms with Crippen LogP contribution in [0.25, 0.3) is 21.9 Å². The number of benzene rings is 2. The number of nitrogens with zero attached hydrogens (tertiary/aromatic N) is 6. The lowest BCUT2D eigenvalue weighted by Crippen LogP contribution is -2.39. The molecule has 1 aliphatic heterocycles. The zero-order valence-corrected chi connectivity index (χ0v) is 26.9. The number of aromatic nitrogens is 4. The molecule has 2 amide bonds. The average molecular weight is 625 g/mol. The van der Waals surface area contributed by atoms with Crippen LogP contribution < -0.4 is 0 Å². The number of hydrogen-bond donors (Lipinski definition) is 1. The predicted octanol–water partition coefficient (Wildman–Crippen LogP) is 5.75. The van der Waals surface area contributed by atoms with Crippen molar-refractivity contribution in [1.29, 1.82) is 0 Å². The van der Waals surface area contributed by atoms with E-state index in [2.05, 4.69) is 57.2 Å². The topological polar surface area (TPSA) is 96.5 Å². The van der Waals surface area contributed by atoms with E-state index in [9.17, 15) is 14.7 Å². The van der Waals surface area contributed by atoms with E-state index in [-0.39, 0.29) is 25.0 Å². The van der Waals surface area contributed by atoms with Crippen molar-refractivity contribution in [2.75, 3.05) is 33.3 Å². The Morgan fingerprint density at radius 3 is 2.60 bits per heavy atom. The van der Waals surface area contributed by atoms with Gasteiger partial charge in [-0.05, 0) is 35.1 Å². The van der Waals surface area contributed by atoms with E-state index in [1.54, 1.807) is 23.3 Å². The van der Waals surface area contributed by atoms with Crippen molar-refractivity contribution in [1.82, 2.24) is 28.9 Å². The maximum absolute atomic E-state index is 13.6. The molecular formula is C35H40N6O3S. The summed E-state index contributed by atoms with van der Waals surface area (Å²) in [6, 6.07) is 14.4. The summed E-state index contributed by atoms with van der Waals surface area (Å²) in [4.78, 5) is 39.2. The molecule has 0 spiro atoms. The maximum atomic E-state index is 13.6. The monoisotopic (exact) mass is 624 g/mol. The lowest BCUT2D eigenvalue weighted by atomic mass is 9.96. The Hall–Kier alpha value is -4.28. The first kappa shape index (κ1) is 30.7. The number of carbonyl (C=O) groups is 2. The van der Waals surface area contributed by atoms with Crippen LogP contribution in [-0.4, -0.2) is 79.1 Å². The number of likely N-dealkylation sites (N-methyl/N-ethyl adjacent to an activating group) is 1. The van der Waals surface area contributed by atoms with Crippen LogP contribution in [0.1, 0.15) is 64.2 Å². The van der Waals surface area contributed by atoms with Crippen LogP contribution in [-0.2, 0) is 13.1 Å². The summed E-state index contributed by atoms with van der Waals surface area (Å²) in [5, 5.41) is 14.6. The number of fused-ring (bicyclic) bond motifs is 1. The number of piperidine rings is 1. The number of aliphatic hydroxyl groups is 1. The van der Waals surface area contributed by atoms with Crippen molar-refractivity contribution < 1.29 is 14.7 Å². The molecule has 9 nitrogen and oxygen atoms in total. The molecule has 1 N–H and O–H groups in total. The molecule has 0 saturated carbocycles. The van der Waals surface area contributed by atoms with Gasteiger partial charge in [-0.2, -0.15) is 0 Å². The van der Waals surface area contributed by atoms with E-state index in [1.165, 1.54) is 0 Å². The average Bonchev–Trinajstić information content (AvgIpc) is 3.82. The maximum Gasteiger partial charge on any atom is 0.273 e. The van der Waals surface area contributed by atoms with Crippen molar-refractivity contribution in [2.45, 2.75) is 45.7 Å². The normalized spacial score (nSPS) is 14.0. The van der Waals surface area contributed by atoms with Crippen molar-refractivity contribution in [3.63, 3.8) is 0 Å². The molecule has 1 aliphatic rings. The molecule has 2 aromatic carbocycles. The van der Waals surface area contributed by atoms with Crippen molar-refractivity contribution >= 4 is 33.9 Å². The molecule has 0 atom stereocenters. The van der Waals surface area contributed by atoms with Gasteiger partial charge in [0.15, 0.2) is 0 Å². The van der Waals surface area contributed by atoms with Crippen LogP contribution >= 0.6 is 11.3 Å². The minimum Gasteiger partial charge on any atom is -0.395 e. The summed E-state index contributed by atoms with van der Waals surface area (Å²) in [6.07, 6.45) is 9.59. The number of carbonyl (C=O) groups excluding carboxylic acids is 2. The van der Waals surface area contributed by atoms with Crippen LogP contribution in [0.3, 0.4) is 0 Å². The molecular weight excluding hydrogens is 584 g/mol. The molecule has 0 radical (unpaired) electrons. The molecule has 45 heavy (non-hydrogen) atoms. The van der Waals surface area contributed by atoms with Gasteiger partial charge in [-0.1, -0.05) is 56.3 Å². The molecule has 3 aromatic heterocycles. The zero-order valence-electron chi connectivity index (χ0n) is 26.1. The van der Waals surface area contributed by atoms with Gasteiger partial charge in [-0.3, -0.25) is 9.59 Å². The summed E-state index contributed by atoms with van der Waals surface area (Å²) in [6.45, 7) is 7.20. The van der Waals surface area contributed by atoms with Crippen LogP contribution in [0.4, 0.5) is 0 Å². The highest BCUT2D eigenvalue weighted by atomic mass is 32.1. The fourth-order valence-corrected chi connectivity index (χ4v) is 6.95. The molecule has 0 unspecified atom stereocenters. The third kappa shape index (κ3) is 6.57. The second kappa shape index (κ2) is 13.4. The number of imidazole rings is 1. The quantitative estimate of drug-likeness (QED) is 0.214. The van der Waals surface area contributed by atoms with Crippen LogP contribution in [0.15, 0.2) is 72.8 Å². The number of rotatable bonds is 10. The number of thiazole rings is 1. The van der Waals surface area contributed by atoms with Gasteiger partial charge in [0.1, 0.15) is 5.69 Å². The standard InChI is InChI=1S/C35H40N6O3S/c1-24(2)33-37-32(22-45-33)35(44)40-13-11-25(12-14-40)18-41-23-36-17-27(41)19-39-20-30(31(21-39)34(43)38(3)15-16-42)29-10-6-8-26-7-4-5-9-28(26)29/h4-10,17,20-25,42H,11-16,18-19H2,1-3H3. The summed E-state index contributed by atoms with van der Waals surface area (Å²) in [7, 11) is 1.72. The summed E-state index contributed by atoms with van der Waals surface area (Å²) >= 11 is 1.56.